The van der Waals surface area contributed by atoms with Crippen molar-refractivity contribution in [1.29, 1.82) is 0 Å². The van der Waals surface area contributed by atoms with Gasteiger partial charge in [-0.2, -0.15) is 12.6 Å². The largest absolute Gasteiger partial charge is 0.490 e. The van der Waals surface area contributed by atoms with Gasteiger partial charge < -0.3 is 15.0 Å². The second-order valence-corrected chi connectivity index (χ2v) is 4.62. The Morgan fingerprint density at radius 3 is 2.78 bits per heavy atom. The van der Waals surface area contributed by atoms with Gasteiger partial charge in [-0.1, -0.05) is 12.1 Å². The summed E-state index contributed by atoms with van der Waals surface area (Å²) in [5.41, 5.74) is 0.711. The number of carbonyl (C=O) groups excluding carboxylic acids is 1. The number of amides is 1. The van der Waals surface area contributed by atoms with E-state index in [1.807, 2.05) is 43.3 Å². The van der Waals surface area contributed by atoms with Crippen LogP contribution >= 0.6 is 12.6 Å². The predicted molar refractivity (Wildman–Crippen MR) is 77.6 cm³/mol. The lowest BCUT2D eigenvalue weighted by atomic mass is 10.3. The smallest absolute Gasteiger partial charge is 0.225 e. The monoisotopic (exact) mass is 268 g/mol. The normalized spacial score (nSPS) is 10.4. The highest BCUT2D eigenvalue weighted by Gasteiger charge is 2.06. The fourth-order valence-electron chi connectivity index (χ4n) is 1.35. The van der Waals surface area contributed by atoms with Gasteiger partial charge in [-0.15, -0.1) is 0 Å². The molecule has 0 aromatic heterocycles. The Morgan fingerprint density at radius 2 is 2.11 bits per heavy atom. The highest BCUT2D eigenvalue weighted by Crippen LogP contribution is 2.23. The second-order valence-electron chi connectivity index (χ2n) is 4.17. The molecule has 0 saturated carbocycles. The average Bonchev–Trinajstić information content (AvgIpc) is 2.31. The van der Waals surface area contributed by atoms with Gasteiger partial charge in [-0.25, -0.2) is 0 Å². The standard InChI is InChI=1S/C13H20N2O2S/c1-15(2)8-9-17-12-6-4-3-5-11(12)14-13(16)7-10-18/h3-6,18H,7-10H2,1-2H3,(H,14,16). The van der Waals surface area contributed by atoms with Gasteiger partial charge >= 0.3 is 0 Å². The lowest BCUT2D eigenvalue weighted by Crippen LogP contribution is -2.20. The van der Waals surface area contributed by atoms with E-state index in [0.717, 1.165) is 6.54 Å². The lowest BCUT2D eigenvalue weighted by molar-refractivity contribution is -0.115. The zero-order chi connectivity index (χ0) is 13.4. The summed E-state index contributed by atoms with van der Waals surface area (Å²) in [5.74, 6) is 1.19. The first kappa shape index (κ1) is 14.9. The Labute approximate surface area is 114 Å². The van der Waals surface area contributed by atoms with Crippen LogP contribution < -0.4 is 10.1 Å². The van der Waals surface area contributed by atoms with Crippen LogP contribution in [-0.4, -0.2) is 43.8 Å². The maximum absolute atomic E-state index is 11.5. The SMILES string of the molecule is CN(C)CCOc1ccccc1NC(=O)CCS. The van der Waals surface area contributed by atoms with Crippen molar-refractivity contribution in [3.8, 4) is 5.75 Å². The molecule has 5 heteroatoms. The van der Waals surface area contributed by atoms with Crippen LogP contribution in [0.5, 0.6) is 5.75 Å². The third-order valence-electron chi connectivity index (χ3n) is 2.30. The number of hydrogen-bond donors (Lipinski definition) is 2. The zero-order valence-electron chi connectivity index (χ0n) is 10.8. The molecule has 1 N–H and O–H groups in total. The molecule has 1 amide bonds. The Bertz CT molecular complexity index is 383. The summed E-state index contributed by atoms with van der Waals surface area (Å²) in [6, 6.07) is 7.45. The first-order chi connectivity index (χ1) is 8.63. The molecule has 0 atom stereocenters. The van der Waals surface area contributed by atoms with E-state index in [-0.39, 0.29) is 5.91 Å². The number of anilines is 1. The number of hydrogen-bond acceptors (Lipinski definition) is 4. The first-order valence-corrected chi connectivity index (χ1v) is 6.54. The van der Waals surface area contributed by atoms with Crippen LogP contribution in [0.15, 0.2) is 24.3 Å². The molecule has 0 spiro atoms. The molecule has 0 aliphatic rings. The molecule has 1 aromatic rings. The van der Waals surface area contributed by atoms with Crippen LogP contribution in [-0.2, 0) is 4.79 Å². The van der Waals surface area contributed by atoms with Gasteiger partial charge in [0.2, 0.25) is 5.91 Å². The zero-order valence-corrected chi connectivity index (χ0v) is 11.7. The maximum atomic E-state index is 11.5. The van der Waals surface area contributed by atoms with Crippen molar-refractivity contribution in [2.24, 2.45) is 0 Å². The van der Waals surface area contributed by atoms with Crippen molar-refractivity contribution >= 4 is 24.2 Å². The maximum Gasteiger partial charge on any atom is 0.225 e. The molecular formula is C13H20N2O2S. The van der Waals surface area contributed by atoms with E-state index < -0.39 is 0 Å². The Hall–Kier alpha value is -1.20. The third kappa shape index (κ3) is 5.42. The topological polar surface area (TPSA) is 41.6 Å². The van der Waals surface area contributed by atoms with E-state index in [9.17, 15) is 4.79 Å². The van der Waals surface area contributed by atoms with Gasteiger partial charge in [0.25, 0.3) is 0 Å². The molecule has 4 nitrogen and oxygen atoms in total. The molecule has 0 saturated heterocycles. The van der Waals surface area contributed by atoms with E-state index in [2.05, 4.69) is 17.9 Å². The summed E-state index contributed by atoms with van der Waals surface area (Å²) >= 11 is 4.03. The van der Waals surface area contributed by atoms with Crippen molar-refractivity contribution in [2.45, 2.75) is 6.42 Å². The highest BCUT2D eigenvalue weighted by atomic mass is 32.1. The van der Waals surface area contributed by atoms with Gasteiger partial charge in [0.05, 0.1) is 5.69 Å². The number of benzene rings is 1. The van der Waals surface area contributed by atoms with Gasteiger partial charge in [-0.3, -0.25) is 4.79 Å². The van der Waals surface area contributed by atoms with Crippen molar-refractivity contribution in [1.82, 2.24) is 4.90 Å². The van der Waals surface area contributed by atoms with Crippen LogP contribution in [0.2, 0.25) is 0 Å². The Balaban J connectivity index is 2.58. The average molecular weight is 268 g/mol. The van der Waals surface area contributed by atoms with E-state index in [0.29, 0.717) is 30.2 Å². The molecule has 0 radical (unpaired) electrons. The van der Waals surface area contributed by atoms with Crippen LogP contribution in [0.4, 0.5) is 5.69 Å². The molecule has 0 fully saturated rings. The van der Waals surface area contributed by atoms with Gasteiger partial charge in [0.1, 0.15) is 12.4 Å². The lowest BCUT2D eigenvalue weighted by Gasteiger charge is -2.14. The van der Waals surface area contributed by atoms with Crippen LogP contribution in [0.1, 0.15) is 6.42 Å². The van der Waals surface area contributed by atoms with Crippen LogP contribution in [0.25, 0.3) is 0 Å². The number of carbonyl (C=O) groups is 1. The Kier molecular flexibility index (Phi) is 6.60. The van der Waals surface area contributed by atoms with Crippen molar-refractivity contribution in [3.05, 3.63) is 24.3 Å². The molecule has 0 heterocycles. The number of para-hydroxylation sites is 2. The van der Waals surface area contributed by atoms with Crippen molar-refractivity contribution in [3.63, 3.8) is 0 Å². The number of nitrogens with one attached hydrogen (secondary N) is 1. The molecule has 100 valence electrons. The Morgan fingerprint density at radius 1 is 1.39 bits per heavy atom. The van der Waals surface area contributed by atoms with E-state index in [4.69, 9.17) is 4.74 Å². The minimum absolute atomic E-state index is 0.0475. The quantitative estimate of drug-likeness (QED) is 0.742. The summed E-state index contributed by atoms with van der Waals surface area (Å²) in [4.78, 5) is 13.6. The fourth-order valence-corrected chi connectivity index (χ4v) is 1.55. The molecule has 0 aliphatic heterocycles. The van der Waals surface area contributed by atoms with Crippen molar-refractivity contribution < 1.29 is 9.53 Å². The number of nitrogens with zero attached hydrogens (tertiary/aromatic N) is 1. The van der Waals surface area contributed by atoms with Crippen LogP contribution in [0.3, 0.4) is 0 Å². The summed E-state index contributed by atoms with van der Waals surface area (Å²) in [5, 5.41) is 2.82. The van der Waals surface area contributed by atoms with Gasteiger partial charge in [0.15, 0.2) is 0 Å². The van der Waals surface area contributed by atoms with E-state index in [1.54, 1.807) is 0 Å². The molecule has 0 aliphatic carbocycles. The highest BCUT2D eigenvalue weighted by molar-refractivity contribution is 7.80. The molecule has 18 heavy (non-hydrogen) atoms. The fraction of sp³-hybridized carbons (Fsp3) is 0.462. The van der Waals surface area contributed by atoms with Gasteiger partial charge in [-0.05, 0) is 32.0 Å². The minimum Gasteiger partial charge on any atom is -0.490 e. The second kappa shape index (κ2) is 8.00. The summed E-state index contributed by atoms with van der Waals surface area (Å²) < 4.78 is 5.65. The first-order valence-electron chi connectivity index (χ1n) is 5.90. The van der Waals surface area contributed by atoms with Gasteiger partial charge in [0, 0.05) is 13.0 Å². The molecular weight excluding hydrogens is 248 g/mol. The van der Waals surface area contributed by atoms with E-state index in [1.165, 1.54) is 0 Å². The van der Waals surface area contributed by atoms with Crippen molar-refractivity contribution in [2.75, 3.05) is 38.3 Å². The third-order valence-corrected chi connectivity index (χ3v) is 2.52. The summed E-state index contributed by atoms with van der Waals surface area (Å²) in [7, 11) is 3.98. The summed E-state index contributed by atoms with van der Waals surface area (Å²) in [6.07, 6.45) is 0.398. The number of rotatable bonds is 7. The number of thiol groups is 1. The van der Waals surface area contributed by atoms with Crippen LogP contribution in [0, 0.1) is 0 Å². The summed E-state index contributed by atoms with van der Waals surface area (Å²) in [6.45, 7) is 1.42. The molecule has 1 rings (SSSR count). The molecule has 0 bridgehead atoms. The van der Waals surface area contributed by atoms with E-state index >= 15 is 0 Å². The minimum atomic E-state index is -0.0475. The number of likely N-dealkylation sites (N-methyl/N-ethyl adjacent to an activating group) is 1. The molecule has 0 unspecified atom stereocenters. The molecule has 1 aromatic carbocycles. The predicted octanol–water partition coefficient (Wildman–Crippen LogP) is 1.89. The number of ether oxygens (including phenoxy) is 1.